The molecule has 2 N–H and O–H groups in total. The number of benzene rings is 3. The van der Waals surface area contributed by atoms with Crippen LogP contribution in [0.4, 0.5) is 16.2 Å². The van der Waals surface area contributed by atoms with E-state index in [1.165, 1.54) is 5.56 Å². The molecule has 5 aromatic rings. The topological polar surface area (TPSA) is 88.5 Å². The van der Waals surface area contributed by atoms with Gasteiger partial charge in [-0.15, -0.1) is 0 Å². The number of anilines is 2. The van der Waals surface area contributed by atoms with Crippen molar-refractivity contribution in [3.05, 3.63) is 118 Å². The smallest absolute Gasteiger partial charge is 0.323 e. The molecule has 0 aliphatic carbocycles. The number of urea groups is 1. The molecule has 2 heterocycles. The third-order valence-electron chi connectivity index (χ3n) is 9.25. The number of aromatic nitrogens is 2. The first-order chi connectivity index (χ1) is 24.2. The van der Waals surface area contributed by atoms with Crippen molar-refractivity contribution in [1.29, 1.82) is 0 Å². The molecule has 0 unspecified atom stereocenters. The van der Waals surface area contributed by atoms with Crippen molar-refractivity contribution in [2.24, 2.45) is 0 Å². The van der Waals surface area contributed by atoms with E-state index in [9.17, 15) is 9.59 Å². The summed E-state index contributed by atoms with van der Waals surface area (Å²) in [4.78, 5) is 35.6. The minimum Gasteiger partial charge on any atom is -0.492 e. The molecule has 0 aliphatic rings. The molecule has 0 fully saturated rings. The average Bonchev–Trinajstić information content (AvgIpc) is 3.12. The number of carbonyl (C=O) groups is 1. The molecule has 5 rings (SSSR count). The van der Waals surface area contributed by atoms with Crippen LogP contribution < -0.4 is 20.9 Å². The van der Waals surface area contributed by atoms with E-state index in [2.05, 4.69) is 69.2 Å². The highest BCUT2D eigenvalue weighted by atomic mass is 16.5. The summed E-state index contributed by atoms with van der Waals surface area (Å²) < 4.78 is 7.89. The molecule has 3 aromatic carbocycles. The fraction of sp³-hybridized carbons (Fsp3) is 0.357. The van der Waals surface area contributed by atoms with Gasteiger partial charge in [-0.25, -0.2) is 9.78 Å². The van der Waals surface area contributed by atoms with Gasteiger partial charge in [-0.2, -0.15) is 0 Å². The van der Waals surface area contributed by atoms with Gasteiger partial charge in [0, 0.05) is 35.9 Å². The van der Waals surface area contributed by atoms with Crippen molar-refractivity contribution in [2.75, 3.05) is 36.9 Å². The largest absolute Gasteiger partial charge is 0.492 e. The Bertz CT molecular complexity index is 1920. The van der Waals surface area contributed by atoms with Gasteiger partial charge in [0.25, 0.3) is 5.56 Å². The summed E-state index contributed by atoms with van der Waals surface area (Å²) in [6.45, 7) is 16.4. The van der Waals surface area contributed by atoms with Crippen molar-refractivity contribution in [2.45, 2.75) is 72.8 Å². The second kappa shape index (κ2) is 17.1. The molecule has 8 heteroatoms. The van der Waals surface area contributed by atoms with Crippen LogP contribution in [0.1, 0.15) is 76.5 Å². The summed E-state index contributed by atoms with van der Waals surface area (Å²) in [7, 11) is 0. The van der Waals surface area contributed by atoms with Crippen LogP contribution in [-0.2, 0) is 13.0 Å². The minimum atomic E-state index is -0.468. The maximum Gasteiger partial charge on any atom is 0.323 e. The van der Waals surface area contributed by atoms with Crippen LogP contribution in [0.25, 0.3) is 22.2 Å². The molecule has 2 aromatic heterocycles. The van der Waals surface area contributed by atoms with Crippen LogP contribution in [0.2, 0.25) is 0 Å². The van der Waals surface area contributed by atoms with E-state index in [1.807, 2.05) is 72.8 Å². The Morgan fingerprint density at radius 3 is 2.20 bits per heavy atom. The van der Waals surface area contributed by atoms with Gasteiger partial charge in [0.2, 0.25) is 0 Å². The van der Waals surface area contributed by atoms with Crippen molar-refractivity contribution in [3.63, 3.8) is 0 Å². The fourth-order valence-electron chi connectivity index (χ4n) is 6.52. The zero-order chi connectivity index (χ0) is 35.6. The standard InChI is InChI=1S/C42H51N5O3/c1-7-46(8-2)26-27-50-33-20-12-19-32(28-33)37-36-23-14-24-43-40(36)47(25-15-18-31-16-10-9-11-17-31)41(48)39(37)45-42(49)44-38-34(29(3)4)21-13-22-35(38)30(5)6/h9-14,16-17,19-24,28-30H,7-8,15,18,25-27H2,1-6H3,(H2,44,45,49). The predicted octanol–water partition coefficient (Wildman–Crippen LogP) is 9.31. The first-order valence-electron chi connectivity index (χ1n) is 17.9. The van der Waals surface area contributed by atoms with Crippen LogP contribution in [0.15, 0.2) is 95.9 Å². The number of likely N-dealkylation sites (N-methyl/N-ethyl adjacent to an activating group) is 1. The average molecular weight is 674 g/mol. The summed E-state index contributed by atoms with van der Waals surface area (Å²) in [6, 6.07) is 27.5. The molecular weight excluding hydrogens is 622 g/mol. The number of hydrogen-bond acceptors (Lipinski definition) is 5. The van der Waals surface area contributed by atoms with Crippen molar-refractivity contribution < 1.29 is 9.53 Å². The lowest BCUT2D eigenvalue weighted by Crippen LogP contribution is -2.30. The van der Waals surface area contributed by atoms with Gasteiger partial charge < -0.3 is 20.3 Å². The highest BCUT2D eigenvalue weighted by Crippen LogP contribution is 2.36. The van der Waals surface area contributed by atoms with Gasteiger partial charge in [0.05, 0.1) is 0 Å². The van der Waals surface area contributed by atoms with Crippen molar-refractivity contribution in [3.8, 4) is 16.9 Å². The van der Waals surface area contributed by atoms with Crippen molar-refractivity contribution >= 4 is 28.4 Å². The maximum absolute atomic E-state index is 14.6. The minimum absolute atomic E-state index is 0.192. The van der Waals surface area contributed by atoms with Gasteiger partial charge in [0.1, 0.15) is 23.7 Å². The molecule has 8 nitrogen and oxygen atoms in total. The van der Waals surface area contributed by atoms with Crippen LogP contribution >= 0.6 is 0 Å². The third kappa shape index (κ3) is 8.61. The molecule has 2 amide bonds. The lowest BCUT2D eigenvalue weighted by molar-refractivity contribution is 0.223. The number of pyridine rings is 2. The van der Waals surface area contributed by atoms with E-state index in [1.54, 1.807) is 10.8 Å². The molecular formula is C42H51N5O3. The van der Waals surface area contributed by atoms with Gasteiger partial charge >= 0.3 is 6.03 Å². The maximum atomic E-state index is 14.6. The number of nitrogens with one attached hydrogen (secondary N) is 2. The molecule has 0 spiro atoms. The summed E-state index contributed by atoms with van der Waals surface area (Å²) in [5, 5.41) is 6.95. The van der Waals surface area contributed by atoms with E-state index in [0.29, 0.717) is 30.1 Å². The number of rotatable bonds is 15. The number of para-hydroxylation sites is 1. The third-order valence-corrected chi connectivity index (χ3v) is 9.25. The summed E-state index contributed by atoms with van der Waals surface area (Å²) >= 11 is 0. The molecule has 0 saturated heterocycles. The van der Waals surface area contributed by atoms with Crippen LogP contribution in [0.3, 0.4) is 0 Å². The molecule has 0 aliphatic heterocycles. The summed E-state index contributed by atoms with van der Waals surface area (Å²) in [6.07, 6.45) is 3.25. The number of nitrogens with zero attached hydrogens (tertiary/aromatic N) is 3. The Labute approximate surface area is 296 Å². The summed E-state index contributed by atoms with van der Waals surface area (Å²) in [5.41, 5.74) is 5.93. The molecule has 0 atom stereocenters. The first-order valence-corrected chi connectivity index (χ1v) is 17.9. The Morgan fingerprint density at radius 2 is 1.52 bits per heavy atom. The number of hydrogen-bond donors (Lipinski definition) is 2. The quantitative estimate of drug-likeness (QED) is 0.116. The second-order valence-electron chi connectivity index (χ2n) is 13.3. The molecule has 262 valence electrons. The SMILES string of the molecule is CCN(CC)CCOc1cccc(-c2c(NC(=O)Nc3c(C(C)C)cccc3C(C)C)c(=O)n(CCCc3ccccc3)c3ncccc23)c1. The predicted molar refractivity (Wildman–Crippen MR) is 207 cm³/mol. The van der Waals surface area contributed by atoms with Crippen LogP contribution in [0.5, 0.6) is 5.75 Å². The van der Waals surface area contributed by atoms with Gasteiger partial charge in [-0.1, -0.05) is 102 Å². The monoisotopic (exact) mass is 673 g/mol. The second-order valence-corrected chi connectivity index (χ2v) is 13.3. The number of aryl methyl sites for hydroxylation is 2. The van der Waals surface area contributed by atoms with E-state index < -0.39 is 6.03 Å². The Morgan fingerprint density at radius 1 is 0.840 bits per heavy atom. The number of amides is 2. The van der Waals surface area contributed by atoms with E-state index in [-0.39, 0.29) is 23.1 Å². The van der Waals surface area contributed by atoms with Gasteiger partial charge in [-0.3, -0.25) is 9.36 Å². The molecule has 0 bridgehead atoms. The van der Waals surface area contributed by atoms with Crippen LogP contribution in [0, 0.1) is 0 Å². The highest BCUT2D eigenvalue weighted by molar-refractivity contribution is 6.07. The zero-order valence-electron chi connectivity index (χ0n) is 30.3. The first kappa shape index (κ1) is 36.3. The Kier molecular flexibility index (Phi) is 12.4. The lowest BCUT2D eigenvalue weighted by atomic mass is 9.93. The molecule has 50 heavy (non-hydrogen) atoms. The van der Waals surface area contributed by atoms with Gasteiger partial charge in [0.15, 0.2) is 0 Å². The summed E-state index contributed by atoms with van der Waals surface area (Å²) in [5.74, 6) is 1.08. The molecule has 0 radical (unpaired) electrons. The van der Waals surface area contributed by atoms with E-state index in [4.69, 9.17) is 9.72 Å². The van der Waals surface area contributed by atoms with E-state index >= 15 is 0 Å². The molecule has 0 saturated carbocycles. The Hall–Kier alpha value is -4.95. The van der Waals surface area contributed by atoms with Crippen LogP contribution in [-0.4, -0.2) is 46.7 Å². The fourth-order valence-corrected chi connectivity index (χ4v) is 6.52. The number of ether oxygens (including phenoxy) is 1. The van der Waals surface area contributed by atoms with E-state index in [0.717, 1.165) is 60.2 Å². The Balaban J connectivity index is 1.58. The zero-order valence-corrected chi connectivity index (χ0v) is 30.3. The van der Waals surface area contributed by atoms with Crippen molar-refractivity contribution in [1.82, 2.24) is 14.5 Å². The number of carbonyl (C=O) groups excluding carboxylic acids is 1. The number of fused-ring (bicyclic) bond motifs is 1. The van der Waals surface area contributed by atoms with Gasteiger partial charge in [-0.05, 0) is 84.3 Å². The lowest BCUT2D eigenvalue weighted by Gasteiger charge is -2.22. The normalized spacial score (nSPS) is 11.5. The highest BCUT2D eigenvalue weighted by Gasteiger charge is 2.23.